The van der Waals surface area contributed by atoms with Crippen LogP contribution < -0.4 is 5.56 Å². The molecule has 1 aromatic carbocycles. The number of hydrogen-bond donors (Lipinski definition) is 1. The van der Waals surface area contributed by atoms with Gasteiger partial charge in [0, 0.05) is 22.5 Å². The molecule has 0 fully saturated rings. The van der Waals surface area contributed by atoms with Crippen LogP contribution in [0.15, 0.2) is 43.3 Å². The first-order chi connectivity index (χ1) is 12.4. The average molecular weight is 432 g/mol. The Morgan fingerprint density at radius 2 is 2.19 bits per heavy atom. The van der Waals surface area contributed by atoms with Crippen LogP contribution in [0.3, 0.4) is 0 Å². The van der Waals surface area contributed by atoms with Crippen LogP contribution in [-0.2, 0) is 6.54 Å². The topological polar surface area (TPSA) is 79.2 Å². The van der Waals surface area contributed by atoms with Gasteiger partial charge in [-0.25, -0.2) is 4.98 Å². The van der Waals surface area contributed by atoms with Crippen molar-refractivity contribution in [2.45, 2.75) is 13.5 Å². The minimum atomic E-state index is -0.261. The second kappa shape index (κ2) is 6.37. The number of fused-ring (bicyclic) bond motifs is 2. The first-order valence-electron chi connectivity index (χ1n) is 7.84. The Morgan fingerprint density at radius 3 is 3.00 bits per heavy atom. The van der Waals surface area contributed by atoms with E-state index in [0.717, 1.165) is 15.4 Å². The normalized spacial score (nSPS) is 11.3. The molecule has 0 spiro atoms. The molecule has 3 aromatic heterocycles. The van der Waals surface area contributed by atoms with Gasteiger partial charge in [0.05, 0.1) is 12.1 Å². The van der Waals surface area contributed by atoms with Gasteiger partial charge in [-0.3, -0.25) is 9.59 Å². The number of hydrogen-bond acceptors (Lipinski definition) is 5. The minimum absolute atomic E-state index is 0.181. The third-order valence-corrected chi connectivity index (χ3v) is 5.59. The number of thiophene rings is 1. The second-order valence-electron chi connectivity index (χ2n) is 6.01. The molecular weight excluding hydrogens is 418 g/mol. The fourth-order valence-corrected chi connectivity index (χ4v) is 3.95. The number of H-pyrrole nitrogens is 1. The average Bonchev–Trinajstić information content (AvgIpc) is 3.20. The van der Waals surface area contributed by atoms with E-state index < -0.39 is 0 Å². The zero-order chi connectivity index (χ0) is 18.4. The van der Waals surface area contributed by atoms with Crippen LogP contribution in [0.1, 0.15) is 21.9 Å². The molecular formula is C18H14BrN3O3S. The van der Waals surface area contributed by atoms with E-state index in [2.05, 4.69) is 25.9 Å². The van der Waals surface area contributed by atoms with Crippen molar-refractivity contribution in [3.8, 4) is 0 Å². The first kappa shape index (κ1) is 17.0. The highest BCUT2D eigenvalue weighted by molar-refractivity contribution is 9.10. The highest BCUT2D eigenvalue weighted by atomic mass is 79.9. The molecule has 6 nitrogen and oxygen atoms in total. The number of aromatic amines is 1. The lowest BCUT2D eigenvalue weighted by atomic mass is 10.1. The van der Waals surface area contributed by atoms with E-state index in [1.165, 1.54) is 16.2 Å². The van der Waals surface area contributed by atoms with Crippen LogP contribution >= 0.6 is 27.3 Å². The number of halogens is 1. The number of furan rings is 1. The van der Waals surface area contributed by atoms with Crippen molar-refractivity contribution in [3.05, 3.63) is 61.6 Å². The summed E-state index contributed by atoms with van der Waals surface area (Å²) in [5.74, 6) is 0.468. The smallest absolute Gasteiger partial charge is 0.290 e. The van der Waals surface area contributed by atoms with Crippen LogP contribution in [0, 0.1) is 6.92 Å². The Morgan fingerprint density at radius 1 is 1.38 bits per heavy atom. The number of carbonyl (C=O) groups is 1. The lowest BCUT2D eigenvalue weighted by Gasteiger charge is -2.15. The van der Waals surface area contributed by atoms with Crippen molar-refractivity contribution in [2.75, 3.05) is 7.05 Å². The molecule has 0 saturated carbocycles. The molecule has 0 aliphatic heterocycles. The molecule has 132 valence electrons. The molecule has 0 aliphatic rings. The number of rotatable bonds is 3. The van der Waals surface area contributed by atoms with Gasteiger partial charge >= 0.3 is 0 Å². The largest absolute Gasteiger partial charge is 0.451 e. The predicted molar refractivity (Wildman–Crippen MR) is 105 cm³/mol. The molecule has 0 bridgehead atoms. The highest BCUT2D eigenvalue weighted by Gasteiger charge is 2.22. The summed E-state index contributed by atoms with van der Waals surface area (Å²) < 4.78 is 7.26. The van der Waals surface area contributed by atoms with Gasteiger partial charge in [0.1, 0.15) is 16.1 Å². The van der Waals surface area contributed by atoms with Crippen molar-refractivity contribution in [3.63, 3.8) is 0 Å². The zero-order valence-electron chi connectivity index (χ0n) is 14.0. The first-order valence-corrected chi connectivity index (χ1v) is 9.52. The number of nitrogens with zero attached hydrogens (tertiary/aromatic N) is 2. The van der Waals surface area contributed by atoms with Gasteiger partial charge in [-0.1, -0.05) is 15.9 Å². The third kappa shape index (κ3) is 2.85. The van der Waals surface area contributed by atoms with Crippen molar-refractivity contribution in [2.24, 2.45) is 0 Å². The molecule has 4 aromatic rings. The molecule has 4 rings (SSSR count). The lowest BCUT2D eigenvalue weighted by Crippen LogP contribution is -2.28. The van der Waals surface area contributed by atoms with Crippen LogP contribution in [-0.4, -0.2) is 27.8 Å². The third-order valence-electron chi connectivity index (χ3n) is 4.19. The Hall–Kier alpha value is -2.45. The highest BCUT2D eigenvalue weighted by Crippen LogP contribution is 2.28. The zero-order valence-corrected chi connectivity index (χ0v) is 16.4. The monoisotopic (exact) mass is 431 g/mol. The van der Waals surface area contributed by atoms with E-state index in [-0.39, 0.29) is 18.0 Å². The fourth-order valence-electron chi connectivity index (χ4n) is 2.86. The van der Waals surface area contributed by atoms with Crippen molar-refractivity contribution in [1.29, 1.82) is 0 Å². The minimum Gasteiger partial charge on any atom is -0.451 e. The molecule has 0 radical (unpaired) electrons. The molecule has 0 atom stereocenters. The molecule has 0 unspecified atom stereocenters. The maximum absolute atomic E-state index is 12.8. The number of amides is 1. The summed E-state index contributed by atoms with van der Waals surface area (Å²) in [7, 11) is 1.66. The second-order valence-corrected chi connectivity index (χ2v) is 7.84. The SMILES string of the molecule is Cc1c(C(=O)N(C)Cc2nc3ccsc3c(=O)[nH]2)oc2ccc(Br)cc12. The standard InChI is InChI=1S/C18H14BrN3O3S/c1-9-11-7-10(19)3-4-13(11)25-15(9)18(24)22(2)8-14-20-12-5-6-26-16(12)17(23)21-14/h3-7H,8H2,1-2H3,(H,20,21,23). The Kier molecular flexibility index (Phi) is 4.16. The van der Waals surface area contributed by atoms with Crippen LogP contribution in [0.25, 0.3) is 21.2 Å². The van der Waals surface area contributed by atoms with E-state index in [1.807, 2.05) is 30.5 Å². The van der Waals surface area contributed by atoms with Gasteiger partial charge < -0.3 is 14.3 Å². The van der Waals surface area contributed by atoms with Crippen molar-refractivity contribution < 1.29 is 9.21 Å². The Bertz CT molecular complexity index is 1210. The summed E-state index contributed by atoms with van der Waals surface area (Å²) in [6.45, 7) is 2.04. The van der Waals surface area contributed by atoms with Gasteiger partial charge in [-0.15, -0.1) is 11.3 Å². The van der Waals surface area contributed by atoms with Gasteiger partial charge in [0.25, 0.3) is 11.5 Å². The Balaban J connectivity index is 1.65. The van der Waals surface area contributed by atoms with E-state index in [0.29, 0.717) is 27.4 Å². The van der Waals surface area contributed by atoms with Crippen LogP contribution in [0.5, 0.6) is 0 Å². The number of aryl methyl sites for hydroxylation is 1. The van der Waals surface area contributed by atoms with E-state index in [9.17, 15) is 9.59 Å². The summed E-state index contributed by atoms with van der Waals surface area (Å²) in [5.41, 5.74) is 1.89. The molecule has 1 amide bonds. The fraction of sp³-hybridized carbons (Fsp3) is 0.167. The van der Waals surface area contributed by atoms with E-state index in [1.54, 1.807) is 13.1 Å². The number of nitrogens with one attached hydrogen (secondary N) is 1. The van der Waals surface area contributed by atoms with Crippen LogP contribution in [0.2, 0.25) is 0 Å². The molecule has 26 heavy (non-hydrogen) atoms. The molecule has 8 heteroatoms. The van der Waals surface area contributed by atoms with E-state index >= 15 is 0 Å². The maximum Gasteiger partial charge on any atom is 0.290 e. The summed E-state index contributed by atoms with van der Waals surface area (Å²) >= 11 is 4.78. The Labute approximate surface area is 160 Å². The number of benzene rings is 1. The molecule has 0 aliphatic carbocycles. The summed E-state index contributed by atoms with van der Waals surface area (Å²) in [6.07, 6.45) is 0. The summed E-state index contributed by atoms with van der Waals surface area (Å²) in [6, 6.07) is 7.41. The van der Waals surface area contributed by atoms with Gasteiger partial charge in [-0.2, -0.15) is 0 Å². The van der Waals surface area contributed by atoms with Crippen molar-refractivity contribution >= 4 is 54.4 Å². The van der Waals surface area contributed by atoms with Gasteiger partial charge in [0.15, 0.2) is 5.76 Å². The molecule has 1 N–H and O–H groups in total. The number of aromatic nitrogens is 2. The summed E-state index contributed by atoms with van der Waals surface area (Å²) in [5, 5.41) is 2.71. The van der Waals surface area contributed by atoms with Gasteiger partial charge in [0.2, 0.25) is 0 Å². The summed E-state index contributed by atoms with van der Waals surface area (Å²) in [4.78, 5) is 33.5. The lowest BCUT2D eigenvalue weighted by molar-refractivity contribution is 0.0751. The molecule has 3 heterocycles. The molecule has 0 saturated heterocycles. The number of carbonyl (C=O) groups excluding carboxylic acids is 1. The van der Waals surface area contributed by atoms with Gasteiger partial charge in [-0.05, 0) is 36.6 Å². The quantitative estimate of drug-likeness (QED) is 0.529. The van der Waals surface area contributed by atoms with Crippen LogP contribution in [0.4, 0.5) is 0 Å². The maximum atomic E-state index is 12.8. The van der Waals surface area contributed by atoms with E-state index in [4.69, 9.17) is 4.42 Å². The van der Waals surface area contributed by atoms with Crippen molar-refractivity contribution in [1.82, 2.24) is 14.9 Å². The predicted octanol–water partition coefficient (Wildman–Crippen LogP) is 4.07.